The minimum Gasteiger partial charge on any atom is -0.474 e. The van der Waals surface area contributed by atoms with Crippen molar-refractivity contribution < 1.29 is 14.6 Å². The van der Waals surface area contributed by atoms with E-state index in [1.165, 1.54) is 10.4 Å². The highest BCUT2D eigenvalue weighted by molar-refractivity contribution is 7.19. The maximum absolute atomic E-state index is 12.5. The number of fused-ring (bicyclic) bond motifs is 4. The summed E-state index contributed by atoms with van der Waals surface area (Å²) in [5.74, 6) is 0.968. The average molecular weight is 471 g/mol. The number of thiophene rings is 1. The monoisotopic (exact) mass is 470 g/mol. The number of likely N-dealkylation sites (tertiary alicyclic amines) is 1. The van der Waals surface area contributed by atoms with Gasteiger partial charge in [-0.1, -0.05) is 0 Å². The molecule has 1 spiro atoms. The van der Waals surface area contributed by atoms with Gasteiger partial charge >= 0.3 is 0 Å². The lowest BCUT2D eigenvalue weighted by atomic mass is 9.91. The Kier molecular flexibility index (Phi) is 5.20. The van der Waals surface area contributed by atoms with Gasteiger partial charge < -0.3 is 14.7 Å². The van der Waals surface area contributed by atoms with E-state index in [0.29, 0.717) is 18.5 Å². The van der Waals surface area contributed by atoms with Crippen LogP contribution in [0.3, 0.4) is 0 Å². The average Bonchev–Trinajstić information content (AvgIpc) is 3.29. The van der Waals surface area contributed by atoms with Crippen LogP contribution < -0.4 is 4.74 Å². The highest BCUT2D eigenvalue weighted by Crippen LogP contribution is 2.67. The number of carbonyl (C=O) groups is 1. The summed E-state index contributed by atoms with van der Waals surface area (Å²) >= 11 is 1.74. The number of aromatic nitrogens is 2. The van der Waals surface area contributed by atoms with Gasteiger partial charge in [-0.25, -0.2) is 9.97 Å². The van der Waals surface area contributed by atoms with Crippen LogP contribution in [0.4, 0.5) is 0 Å². The van der Waals surface area contributed by atoms with E-state index in [1.54, 1.807) is 17.7 Å². The number of ether oxygens (including phenoxy) is 1. The first-order valence-electron chi connectivity index (χ1n) is 12.5. The SMILES string of the molecule is CN(CC(=O)N1CCCC1)C1CCC(Oc2ncnc3sc4c(c23)C2(CC4)C[C@@]2(C)O)CC1. The summed E-state index contributed by atoms with van der Waals surface area (Å²) in [6.45, 7) is 4.32. The molecule has 1 unspecified atom stereocenters. The van der Waals surface area contributed by atoms with E-state index in [1.807, 2.05) is 11.8 Å². The van der Waals surface area contributed by atoms with Crippen molar-refractivity contribution in [3.8, 4) is 5.88 Å². The molecular formula is C25H34N4O3S. The topological polar surface area (TPSA) is 78.8 Å². The first kappa shape index (κ1) is 21.7. The van der Waals surface area contributed by atoms with Gasteiger partial charge in [0.25, 0.3) is 0 Å². The summed E-state index contributed by atoms with van der Waals surface area (Å²) in [4.78, 5) is 28.2. The van der Waals surface area contributed by atoms with Crippen LogP contribution >= 0.6 is 11.3 Å². The molecule has 3 fully saturated rings. The molecule has 8 heteroatoms. The summed E-state index contributed by atoms with van der Waals surface area (Å²) < 4.78 is 6.51. The number of nitrogens with zero attached hydrogens (tertiary/aromatic N) is 4. The zero-order chi connectivity index (χ0) is 22.8. The molecule has 7 nitrogen and oxygen atoms in total. The Morgan fingerprint density at radius 1 is 1.27 bits per heavy atom. The van der Waals surface area contributed by atoms with Crippen LogP contribution in [0.25, 0.3) is 10.2 Å². The maximum atomic E-state index is 12.5. The van der Waals surface area contributed by atoms with E-state index in [4.69, 9.17) is 4.74 Å². The minimum absolute atomic E-state index is 0.133. The summed E-state index contributed by atoms with van der Waals surface area (Å²) in [6.07, 6.45) is 10.9. The molecule has 1 saturated heterocycles. The van der Waals surface area contributed by atoms with Gasteiger partial charge in [0.2, 0.25) is 11.8 Å². The third-order valence-corrected chi connectivity index (χ3v) is 9.88. The van der Waals surface area contributed by atoms with E-state index < -0.39 is 5.60 Å². The molecule has 3 aliphatic carbocycles. The number of hydrogen-bond acceptors (Lipinski definition) is 7. The molecule has 2 aromatic rings. The van der Waals surface area contributed by atoms with E-state index >= 15 is 0 Å². The van der Waals surface area contributed by atoms with Gasteiger partial charge in [0.1, 0.15) is 17.3 Å². The molecule has 0 aromatic carbocycles. The van der Waals surface area contributed by atoms with Crippen LogP contribution in [0.1, 0.15) is 68.7 Å². The molecule has 1 amide bonds. The maximum Gasteiger partial charge on any atom is 0.236 e. The number of carbonyl (C=O) groups excluding carboxylic acids is 1. The number of hydrogen-bond donors (Lipinski definition) is 1. The molecule has 33 heavy (non-hydrogen) atoms. The molecule has 1 N–H and O–H groups in total. The molecular weight excluding hydrogens is 436 g/mol. The Labute approximate surface area is 199 Å². The fourth-order valence-corrected chi connectivity index (χ4v) is 7.83. The zero-order valence-electron chi connectivity index (χ0n) is 19.7. The largest absolute Gasteiger partial charge is 0.474 e. The Hall–Kier alpha value is -1.77. The molecule has 2 saturated carbocycles. The lowest BCUT2D eigenvalue weighted by Crippen LogP contribution is -2.44. The van der Waals surface area contributed by atoms with Gasteiger partial charge in [0.05, 0.1) is 17.5 Å². The van der Waals surface area contributed by atoms with Crippen molar-refractivity contribution in [3.05, 3.63) is 16.8 Å². The van der Waals surface area contributed by atoms with Gasteiger partial charge in [0, 0.05) is 29.4 Å². The molecule has 6 rings (SSSR count). The summed E-state index contributed by atoms with van der Waals surface area (Å²) in [7, 11) is 2.09. The highest BCUT2D eigenvalue weighted by Gasteiger charge is 2.68. The fourth-order valence-electron chi connectivity index (χ4n) is 6.61. The molecule has 2 atom stereocenters. The summed E-state index contributed by atoms with van der Waals surface area (Å²) in [5.41, 5.74) is 0.497. The van der Waals surface area contributed by atoms with E-state index in [9.17, 15) is 9.90 Å². The fraction of sp³-hybridized carbons (Fsp3) is 0.720. The Morgan fingerprint density at radius 3 is 2.70 bits per heavy atom. The van der Waals surface area contributed by atoms with Crippen LogP contribution in [0.5, 0.6) is 5.88 Å². The van der Waals surface area contributed by atoms with Crippen molar-refractivity contribution >= 4 is 27.5 Å². The van der Waals surface area contributed by atoms with Gasteiger partial charge in [-0.15, -0.1) is 11.3 Å². The Morgan fingerprint density at radius 2 is 2.00 bits per heavy atom. The number of aliphatic hydroxyl groups is 1. The zero-order valence-corrected chi connectivity index (χ0v) is 20.5. The third kappa shape index (κ3) is 3.56. The number of rotatable bonds is 5. The quantitative estimate of drug-likeness (QED) is 0.723. The van der Waals surface area contributed by atoms with Crippen molar-refractivity contribution in [2.24, 2.45) is 0 Å². The second-order valence-electron chi connectivity index (χ2n) is 10.8. The van der Waals surface area contributed by atoms with Crippen molar-refractivity contribution in [2.75, 3.05) is 26.7 Å². The predicted octanol–water partition coefficient (Wildman–Crippen LogP) is 3.27. The highest BCUT2D eigenvalue weighted by atomic mass is 32.1. The van der Waals surface area contributed by atoms with Crippen LogP contribution in [-0.4, -0.2) is 75.2 Å². The van der Waals surface area contributed by atoms with Crippen LogP contribution in [0.15, 0.2) is 6.33 Å². The molecule has 178 valence electrons. The molecule has 0 bridgehead atoms. The molecule has 3 heterocycles. The van der Waals surface area contributed by atoms with E-state index in [2.05, 4.69) is 21.9 Å². The van der Waals surface area contributed by atoms with Gasteiger partial charge in [-0.3, -0.25) is 9.69 Å². The van der Waals surface area contributed by atoms with Crippen molar-refractivity contribution in [3.63, 3.8) is 0 Å². The summed E-state index contributed by atoms with van der Waals surface area (Å²) in [5, 5.41) is 11.9. The number of likely N-dealkylation sites (N-methyl/N-ethyl adjacent to an activating group) is 1. The lowest BCUT2D eigenvalue weighted by molar-refractivity contribution is -0.131. The van der Waals surface area contributed by atoms with Crippen LogP contribution in [0.2, 0.25) is 0 Å². The smallest absolute Gasteiger partial charge is 0.236 e. The number of aryl methyl sites for hydroxylation is 1. The molecule has 1 aliphatic heterocycles. The van der Waals surface area contributed by atoms with Gasteiger partial charge in [0.15, 0.2) is 0 Å². The van der Waals surface area contributed by atoms with Crippen molar-refractivity contribution in [1.82, 2.24) is 19.8 Å². The lowest BCUT2D eigenvalue weighted by Gasteiger charge is -2.35. The van der Waals surface area contributed by atoms with Gasteiger partial charge in [-0.2, -0.15) is 0 Å². The van der Waals surface area contributed by atoms with E-state index in [-0.39, 0.29) is 17.4 Å². The van der Waals surface area contributed by atoms with Gasteiger partial charge in [-0.05, 0) is 77.3 Å². The van der Waals surface area contributed by atoms with Crippen LogP contribution in [0, 0.1) is 0 Å². The molecule has 0 radical (unpaired) electrons. The third-order valence-electron chi connectivity index (χ3n) is 8.72. The number of amides is 1. The first-order valence-corrected chi connectivity index (χ1v) is 13.3. The second kappa shape index (κ2) is 7.89. The first-order chi connectivity index (χ1) is 15.9. The van der Waals surface area contributed by atoms with Crippen molar-refractivity contribution in [1.29, 1.82) is 0 Å². The minimum atomic E-state index is -0.630. The van der Waals surface area contributed by atoms with E-state index in [0.717, 1.165) is 81.1 Å². The second-order valence-corrected chi connectivity index (χ2v) is 11.9. The van der Waals surface area contributed by atoms with Crippen molar-refractivity contribution in [2.45, 2.75) is 87.9 Å². The normalized spacial score (nSPS) is 33.3. The Bertz CT molecular complexity index is 1070. The standard InChI is InChI=1S/C25H34N4O3S/c1-24(31)14-25(24)10-9-18-21(25)20-22(26-15-27-23(20)33-18)32-17-7-5-16(6-8-17)28(2)13-19(30)29-11-3-4-12-29/h15-17,31H,3-14H2,1-2H3/t16?,17?,24-,25?/m1/s1. The molecule has 4 aliphatic rings. The summed E-state index contributed by atoms with van der Waals surface area (Å²) in [6, 6.07) is 0.428. The molecule has 2 aromatic heterocycles. The van der Waals surface area contributed by atoms with Crippen LogP contribution in [-0.2, 0) is 16.6 Å². The predicted molar refractivity (Wildman–Crippen MR) is 128 cm³/mol. The Balaban J connectivity index is 1.13.